The SMILES string of the molecule is COS(=O)c1cc(C)ccc1C(C)=O. The second-order valence-electron chi connectivity index (χ2n) is 2.96. The summed E-state index contributed by atoms with van der Waals surface area (Å²) in [6, 6.07) is 5.19. The monoisotopic (exact) mass is 212 g/mol. The van der Waals surface area contributed by atoms with Gasteiger partial charge in [0.25, 0.3) is 0 Å². The first-order valence-corrected chi connectivity index (χ1v) is 5.21. The Balaban J connectivity index is 3.29. The fourth-order valence-corrected chi connectivity index (χ4v) is 2.00. The Kier molecular flexibility index (Phi) is 3.55. The summed E-state index contributed by atoms with van der Waals surface area (Å²) >= 11 is -1.55. The van der Waals surface area contributed by atoms with Crippen LogP contribution in [0.15, 0.2) is 23.1 Å². The molecular weight excluding hydrogens is 200 g/mol. The Morgan fingerprint density at radius 3 is 2.57 bits per heavy atom. The molecule has 14 heavy (non-hydrogen) atoms. The number of rotatable bonds is 3. The first kappa shape index (κ1) is 11.1. The first-order valence-electron chi connectivity index (χ1n) is 4.14. The van der Waals surface area contributed by atoms with Gasteiger partial charge in [-0.2, -0.15) is 0 Å². The van der Waals surface area contributed by atoms with Gasteiger partial charge in [0.2, 0.25) is 0 Å². The zero-order valence-corrected chi connectivity index (χ0v) is 9.18. The van der Waals surface area contributed by atoms with Gasteiger partial charge in [-0.3, -0.25) is 8.98 Å². The van der Waals surface area contributed by atoms with E-state index in [9.17, 15) is 9.00 Å². The average Bonchev–Trinajstić information content (AvgIpc) is 2.16. The smallest absolute Gasteiger partial charge is 0.189 e. The van der Waals surface area contributed by atoms with Crippen LogP contribution in [0.3, 0.4) is 0 Å². The van der Waals surface area contributed by atoms with E-state index in [1.165, 1.54) is 14.0 Å². The molecule has 0 fully saturated rings. The summed E-state index contributed by atoms with van der Waals surface area (Å²) in [4.78, 5) is 11.7. The van der Waals surface area contributed by atoms with Gasteiger partial charge in [0.15, 0.2) is 16.9 Å². The number of benzene rings is 1. The van der Waals surface area contributed by atoms with E-state index in [1.54, 1.807) is 12.1 Å². The van der Waals surface area contributed by atoms with Crippen LogP contribution in [0.25, 0.3) is 0 Å². The molecule has 0 aliphatic heterocycles. The summed E-state index contributed by atoms with van der Waals surface area (Å²) in [7, 11) is 1.35. The minimum absolute atomic E-state index is 0.106. The number of Topliss-reactive ketones (excluding diaryl/α,β-unsaturated/α-hetero) is 1. The highest BCUT2D eigenvalue weighted by molar-refractivity contribution is 7.80. The Morgan fingerprint density at radius 2 is 2.07 bits per heavy atom. The molecule has 0 aromatic heterocycles. The zero-order valence-electron chi connectivity index (χ0n) is 8.37. The van der Waals surface area contributed by atoms with Crippen molar-refractivity contribution in [3.05, 3.63) is 29.3 Å². The van der Waals surface area contributed by atoms with Gasteiger partial charge in [-0.05, 0) is 31.5 Å². The molecule has 0 aliphatic rings. The second kappa shape index (κ2) is 4.48. The van der Waals surface area contributed by atoms with Gasteiger partial charge >= 0.3 is 0 Å². The molecule has 1 rings (SSSR count). The van der Waals surface area contributed by atoms with Crippen molar-refractivity contribution in [2.45, 2.75) is 18.7 Å². The molecule has 1 aromatic carbocycles. The van der Waals surface area contributed by atoms with E-state index in [-0.39, 0.29) is 5.78 Å². The van der Waals surface area contributed by atoms with E-state index in [1.807, 2.05) is 13.0 Å². The first-order chi connectivity index (χ1) is 6.56. The van der Waals surface area contributed by atoms with E-state index in [0.717, 1.165) is 5.56 Å². The molecule has 0 amide bonds. The maximum absolute atomic E-state index is 11.4. The zero-order chi connectivity index (χ0) is 10.7. The van der Waals surface area contributed by atoms with Crippen molar-refractivity contribution >= 4 is 16.9 Å². The molecule has 1 aromatic rings. The summed E-state index contributed by atoms with van der Waals surface area (Å²) in [6.07, 6.45) is 0. The molecule has 1 unspecified atom stereocenters. The summed E-state index contributed by atoms with van der Waals surface area (Å²) in [5.41, 5.74) is 1.41. The fourth-order valence-electron chi connectivity index (χ4n) is 1.15. The van der Waals surface area contributed by atoms with Crippen LogP contribution in [0.1, 0.15) is 22.8 Å². The van der Waals surface area contributed by atoms with Gasteiger partial charge < -0.3 is 0 Å². The van der Waals surface area contributed by atoms with Crippen LogP contribution in [0.2, 0.25) is 0 Å². The third-order valence-corrected chi connectivity index (χ3v) is 2.85. The van der Waals surface area contributed by atoms with Crippen LogP contribution in [0.5, 0.6) is 0 Å². The van der Waals surface area contributed by atoms with Crippen LogP contribution in [0, 0.1) is 6.92 Å². The Morgan fingerprint density at radius 1 is 1.43 bits per heavy atom. The topological polar surface area (TPSA) is 43.4 Å². The minimum atomic E-state index is -1.55. The number of carbonyl (C=O) groups is 1. The largest absolute Gasteiger partial charge is 0.294 e. The van der Waals surface area contributed by atoms with Crippen LogP contribution in [0.4, 0.5) is 0 Å². The lowest BCUT2D eigenvalue weighted by molar-refractivity contribution is 0.101. The van der Waals surface area contributed by atoms with Gasteiger partial charge in [-0.1, -0.05) is 6.07 Å². The molecule has 4 heteroatoms. The number of aryl methyl sites for hydroxylation is 1. The summed E-state index contributed by atoms with van der Waals surface area (Å²) < 4.78 is 16.1. The van der Waals surface area contributed by atoms with E-state index in [4.69, 9.17) is 4.18 Å². The molecule has 0 saturated heterocycles. The maximum atomic E-state index is 11.4. The molecule has 0 N–H and O–H groups in total. The molecule has 1 atom stereocenters. The highest BCUT2D eigenvalue weighted by Crippen LogP contribution is 2.16. The van der Waals surface area contributed by atoms with Crippen molar-refractivity contribution < 1.29 is 13.2 Å². The highest BCUT2D eigenvalue weighted by atomic mass is 32.2. The molecule has 0 radical (unpaired) electrons. The van der Waals surface area contributed by atoms with E-state index < -0.39 is 11.1 Å². The molecule has 0 heterocycles. The van der Waals surface area contributed by atoms with Gasteiger partial charge in [0.1, 0.15) is 0 Å². The Labute approximate surface area is 85.7 Å². The van der Waals surface area contributed by atoms with Crippen LogP contribution in [-0.2, 0) is 15.3 Å². The normalized spacial score (nSPS) is 12.5. The number of ketones is 1. The average molecular weight is 212 g/mol. The van der Waals surface area contributed by atoms with Crippen LogP contribution >= 0.6 is 0 Å². The van der Waals surface area contributed by atoms with Crippen molar-refractivity contribution in [3.8, 4) is 0 Å². The summed E-state index contributed by atoms with van der Waals surface area (Å²) in [5.74, 6) is -0.106. The minimum Gasteiger partial charge on any atom is -0.294 e. The van der Waals surface area contributed by atoms with E-state index >= 15 is 0 Å². The standard InChI is InChI=1S/C10H12O3S/c1-7-4-5-9(8(2)11)10(6-7)14(12)13-3/h4-6H,1-3H3. The maximum Gasteiger partial charge on any atom is 0.189 e. The van der Waals surface area contributed by atoms with Crippen molar-refractivity contribution in [3.63, 3.8) is 0 Å². The molecule has 0 bridgehead atoms. The van der Waals surface area contributed by atoms with Gasteiger partial charge in [0, 0.05) is 5.56 Å². The van der Waals surface area contributed by atoms with Crippen LogP contribution < -0.4 is 0 Å². The van der Waals surface area contributed by atoms with Crippen molar-refractivity contribution in [2.75, 3.05) is 7.11 Å². The predicted octanol–water partition coefficient (Wildman–Crippen LogP) is 1.87. The van der Waals surface area contributed by atoms with Gasteiger partial charge in [0.05, 0.1) is 12.0 Å². The molecule has 3 nitrogen and oxygen atoms in total. The van der Waals surface area contributed by atoms with E-state index in [0.29, 0.717) is 10.5 Å². The lowest BCUT2D eigenvalue weighted by atomic mass is 10.1. The number of hydrogen-bond acceptors (Lipinski definition) is 3. The molecule has 0 spiro atoms. The third kappa shape index (κ3) is 2.27. The quantitative estimate of drug-likeness (QED) is 0.718. The highest BCUT2D eigenvalue weighted by Gasteiger charge is 2.12. The Bertz CT molecular complexity index is 385. The molecule has 0 aliphatic carbocycles. The van der Waals surface area contributed by atoms with Crippen LogP contribution in [-0.4, -0.2) is 17.1 Å². The lowest BCUT2D eigenvalue weighted by Crippen LogP contribution is -2.03. The summed E-state index contributed by atoms with van der Waals surface area (Å²) in [6.45, 7) is 3.32. The lowest BCUT2D eigenvalue weighted by Gasteiger charge is -2.05. The molecule has 76 valence electrons. The predicted molar refractivity (Wildman–Crippen MR) is 54.6 cm³/mol. The van der Waals surface area contributed by atoms with Crippen molar-refractivity contribution in [1.82, 2.24) is 0 Å². The fraction of sp³-hybridized carbons (Fsp3) is 0.300. The van der Waals surface area contributed by atoms with Crippen molar-refractivity contribution in [2.24, 2.45) is 0 Å². The second-order valence-corrected chi connectivity index (χ2v) is 4.20. The van der Waals surface area contributed by atoms with Crippen molar-refractivity contribution in [1.29, 1.82) is 0 Å². The van der Waals surface area contributed by atoms with Gasteiger partial charge in [-0.25, -0.2) is 4.21 Å². The molecular formula is C10H12O3S. The number of hydrogen-bond donors (Lipinski definition) is 0. The van der Waals surface area contributed by atoms with Gasteiger partial charge in [-0.15, -0.1) is 0 Å². The summed E-state index contributed by atoms with van der Waals surface area (Å²) in [5, 5.41) is 0. The number of carbonyl (C=O) groups excluding carboxylic acids is 1. The molecule has 0 saturated carbocycles. The third-order valence-electron chi connectivity index (χ3n) is 1.85. The van der Waals surface area contributed by atoms with E-state index in [2.05, 4.69) is 0 Å². The Hall–Kier alpha value is -1.00.